The van der Waals surface area contributed by atoms with Gasteiger partial charge in [-0.25, -0.2) is 9.50 Å². The largest absolute Gasteiger partial charge is 0.212 e. The Balaban J connectivity index is 2.76. The molecule has 0 saturated heterocycles. The Hall–Kier alpha value is -1.09. The molecule has 0 bridgehead atoms. The van der Waals surface area contributed by atoms with Crippen molar-refractivity contribution in [1.82, 2.24) is 14.6 Å². The van der Waals surface area contributed by atoms with Crippen LogP contribution in [0, 0.1) is 6.92 Å². The summed E-state index contributed by atoms with van der Waals surface area (Å²) in [5.41, 5.74) is 3.17. The predicted octanol–water partition coefficient (Wildman–Crippen LogP) is 2.82. The second kappa shape index (κ2) is 3.81. The van der Waals surface area contributed by atoms with Crippen LogP contribution >= 0.6 is 11.6 Å². The molecule has 2 aromatic heterocycles. The lowest BCUT2D eigenvalue weighted by Gasteiger charge is -2.06. The highest BCUT2D eigenvalue weighted by atomic mass is 35.5. The highest BCUT2D eigenvalue weighted by Gasteiger charge is 2.11. The number of halogens is 1. The third-order valence-corrected chi connectivity index (χ3v) is 2.99. The van der Waals surface area contributed by atoms with E-state index in [0.717, 1.165) is 29.9 Å². The number of rotatable bonds is 2. The minimum absolute atomic E-state index is 0.694. The molecule has 0 saturated carbocycles. The number of aryl methyl sites for hydroxylation is 2. The van der Waals surface area contributed by atoms with Gasteiger partial charge in [0.2, 0.25) is 0 Å². The molecule has 0 spiro atoms. The van der Waals surface area contributed by atoms with Gasteiger partial charge >= 0.3 is 0 Å². The first-order valence-corrected chi connectivity index (χ1v) is 5.58. The Kier molecular flexibility index (Phi) is 2.65. The van der Waals surface area contributed by atoms with E-state index in [1.165, 1.54) is 5.56 Å². The monoisotopic (exact) mass is 223 g/mol. The van der Waals surface area contributed by atoms with Crippen LogP contribution in [-0.4, -0.2) is 14.6 Å². The zero-order valence-electron chi connectivity index (χ0n) is 9.21. The average molecular weight is 224 g/mol. The summed E-state index contributed by atoms with van der Waals surface area (Å²) in [4.78, 5) is 4.40. The summed E-state index contributed by atoms with van der Waals surface area (Å²) in [6, 6.07) is 2.04. The average Bonchev–Trinajstić information content (AvgIpc) is 2.61. The van der Waals surface area contributed by atoms with Gasteiger partial charge in [-0.3, -0.25) is 0 Å². The van der Waals surface area contributed by atoms with Crippen molar-refractivity contribution in [3.63, 3.8) is 0 Å². The molecule has 3 nitrogen and oxygen atoms in total. The minimum Gasteiger partial charge on any atom is -0.212 e. The Labute approximate surface area is 94.1 Å². The van der Waals surface area contributed by atoms with Gasteiger partial charge in [0, 0.05) is 6.42 Å². The molecule has 0 aromatic carbocycles. The van der Waals surface area contributed by atoms with Gasteiger partial charge in [-0.15, -0.1) is 5.10 Å². The van der Waals surface area contributed by atoms with Crippen LogP contribution in [0.1, 0.15) is 30.8 Å². The maximum absolute atomic E-state index is 6.28. The molecule has 0 fully saturated rings. The summed E-state index contributed by atoms with van der Waals surface area (Å²) in [5.74, 6) is 0.838. The predicted molar refractivity (Wildman–Crippen MR) is 61.5 cm³/mol. The second-order valence-electron chi connectivity index (χ2n) is 3.60. The quantitative estimate of drug-likeness (QED) is 0.733. The normalized spacial score (nSPS) is 11.2. The number of nitrogens with zero attached hydrogens (tertiary/aromatic N) is 3. The van der Waals surface area contributed by atoms with E-state index in [0.29, 0.717) is 5.15 Å². The number of fused-ring (bicyclic) bond motifs is 1. The molecule has 80 valence electrons. The summed E-state index contributed by atoms with van der Waals surface area (Å²) in [6.07, 6.45) is 1.75. The van der Waals surface area contributed by atoms with E-state index in [4.69, 9.17) is 11.6 Å². The van der Waals surface area contributed by atoms with Crippen LogP contribution in [0.25, 0.3) is 5.65 Å². The van der Waals surface area contributed by atoms with Gasteiger partial charge in [-0.2, -0.15) is 0 Å². The molecule has 2 rings (SSSR count). The van der Waals surface area contributed by atoms with Gasteiger partial charge in [0.25, 0.3) is 0 Å². The standard InChI is InChI=1S/C11H14ClN3/c1-4-8-7(3)6-10-13-9(5-2)14-15(10)11(8)12/h6H,4-5H2,1-3H3. The number of hydrogen-bond donors (Lipinski definition) is 0. The molecule has 0 atom stereocenters. The molecular weight excluding hydrogens is 210 g/mol. The van der Waals surface area contributed by atoms with E-state index in [-0.39, 0.29) is 0 Å². The molecule has 0 aliphatic carbocycles. The van der Waals surface area contributed by atoms with Crippen molar-refractivity contribution >= 4 is 17.2 Å². The first-order chi connectivity index (χ1) is 7.17. The van der Waals surface area contributed by atoms with Crippen molar-refractivity contribution in [2.24, 2.45) is 0 Å². The van der Waals surface area contributed by atoms with Gasteiger partial charge in [0.1, 0.15) is 5.15 Å². The summed E-state index contributed by atoms with van der Waals surface area (Å²) in [7, 11) is 0. The van der Waals surface area contributed by atoms with E-state index in [1.54, 1.807) is 4.52 Å². The van der Waals surface area contributed by atoms with Crippen molar-refractivity contribution in [2.75, 3.05) is 0 Å². The van der Waals surface area contributed by atoms with Crippen LogP contribution in [0.4, 0.5) is 0 Å². The fraction of sp³-hybridized carbons (Fsp3) is 0.455. The molecule has 15 heavy (non-hydrogen) atoms. The Morgan fingerprint density at radius 3 is 2.67 bits per heavy atom. The SMILES string of the molecule is CCc1nc2cc(C)c(CC)c(Cl)n2n1. The van der Waals surface area contributed by atoms with E-state index < -0.39 is 0 Å². The van der Waals surface area contributed by atoms with E-state index >= 15 is 0 Å². The van der Waals surface area contributed by atoms with Crippen molar-refractivity contribution in [3.8, 4) is 0 Å². The Morgan fingerprint density at radius 2 is 2.07 bits per heavy atom. The summed E-state index contributed by atoms with van der Waals surface area (Å²) >= 11 is 6.28. The zero-order valence-corrected chi connectivity index (χ0v) is 9.97. The third kappa shape index (κ3) is 1.61. The molecule has 0 N–H and O–H groups in total. The molecule has 4 heteroatoms. The summed E-state index contributed by atoms with van der Waals surface area (Å²) in [6.45, 7) is 6.19. The van der Waals surface area contributed by atoms with Crippen molar-refractivity contribution in [3.05, 3.63) is 28.2 Å². The van der Waals surface area contributed by atoms with Crippen molar-refractivity contribution in [1.29, 1.82) is 0 Å². The molecule has 0 amide bonds. The van der Waals surface area contributed by atoms with Gasteiger partial charge in [-0.1, -0.05) is 25.4 Å². The molecule has 0 aliphatic heterocycles. The molecule has 0 aliphatic rings. The van der Waals surface area contributed by atoms with Gasteiger partial charge in [0.15, 0.2) is 11.5 Å². The lowest BCUT2D eigenvalue weighted by molar-refractivity contribution is 0.874. The van der Waals surface area contributed by atoms with E-state index in [1.807, 2.05) is 13.0 Å². The first kappa shape index (κ1) is 10.4. The molecule has 0 unspecified atom stereocenters. The summed E-state index contributed by atoms with van der Waals surface area (Å²) in [5, 5.41) is 5.05. The third-order valence-electron chi connectivity index (χ3n) is 2.60. The van der Waals surface area contributed by atoms with Crippen LogP contribution in [0.5, 0.6) is 0 Å². The highest BCUT2D eigenvalue weighted by molar-refractivity contribution is 6.30. The fourth-order valence-electron chi connectivity index (χ4n) is 1.75. The smallest absolute Gasteiger partial charge is 0.157 e. The van der Waals surface area contributed by atoms with E-state index in [2.05, 4.69) is 23.9 Å². The van der Waals surface area contributed by atoms with Crippen LogP contribution in [0.2, 0.25) is 5.15 Å². The Bertz CT molecular complexity index is 502. The molecule has 2 heterocycles. The number of pyridine rings is 1. The first-order valence-electron chi connectivity index (χ1n) is 5.21. The fourth-order valence-corrected chi connectivity index (χ4v) is 2.16. The van der Waals surface area contributed by atoms with Crippen LogP contribution in [-0.2, 0) is 12.8 Å². The lowest BCUT2D eigenvalue weighted by Crippen LogP contribution is -1.98. The minimum atomic E-state index is 0.694. The highest BCUT2D eigenvalue weighted by Crippen LogP contribution is 2.22. The van der Waals surface area contributed by atoms with E-state index in [9.17, 15) is 0 Å². The van der Waals surface area contributed by atoms with Crippen LogP contribution in [0.3, 0.4) is 0 Å². The van der Waals surface area contributed by atoms with Gasteiger partial charge in [-0.05, 0) is 30.5 Å². The number of aromatic nitrogens is 3. The van der Waals surface area contributed by atoms with Gasteiger partial charge < -0.3 is 0 Å². The number of hydrogen-bond acceptors (Lipinski definition) is 2. The van der Waals surface area contributed by atoms with Crippen molar-refractivity contribution in [2.45, 2.75) is 33.6 Å². The summed E-state index contributed by atoms with van der Waals surface area (Å²) < 4.78 is 1.73. The van der Waals surface area contributed by atoms with Crippen LogP contribution < -0.4 is 0 Å². The maximum atomic E-state index is 6.28. The van der Waals surface area contributed by atoms with Crippen molar-refractivity contribution < 1.29 is 0 Å². The molecule has 0 radical (unpaired) electrons. The van der Waals surface area contributed by atoms with Crippen LogP contribution in [0.15, 0.2) is 6.07 Å². The van der Waals surface area contributed by atoms with Gasteiger partial charge in [0.05, 0.1) is 0 Å². The second-order valence-corrected chi connectivity index (χ2v) is 3.96. The topological polar surface area (TPSA) is 30.2 Å². The molecular formula is C11H14ClN3. The molecule has 2 aromatic rings. The Morgan fingerprint density at radius 1 is 1.33 bits per heavy atom. The zero-order chi connectivity index (χ0) is 11.0. The maximum Gasteiger partial charge on any atom is 0.157 e. The lowest BCUT2D eigenvalue weighted by atomic mass is 10.1.